The predicted octanol–water partition coefficient (Wildman–Crippen LogP) is 1.32. The fourth-order valence-electron chi connectivity index (χ4n) is 1.26. The summed E-state index contributed by atoms with van der Waals surface area (Å²) in [4.78, 5) is 0.452. The molecule has 0 saturated carbocycles. The summed E-state index contributed by atoms with van der Waals surface area (Å²) in [7, 11) is 0. The van der Waals surface area contributed by atoms with Gasteiger partial charge in [-0.05, 0) is 6.07 Å². The van der Waals surface area contributed by atoms with Gasteiger partial charge in [-0.3, -0.25) is 4.68 Å². The van der Waals surface area contributed by atoms with Crippen LogP contribution in [0.15, 0.2) is 30.5 Å². The van der Waals surface area contributed by atoms with Crippen LogP contribution >= 0.6 is 12.2 Å². The van der Waals surface area contributed by atoms with Crippen molar-refractivity contribution in [3.05, 3.63) is 30.5 Å². The van der Waals surface area contributed by atoms with E-state index in [1.54, 1.807) is 4.68 Å². The second-order valence-corrected chi connectivity index (χ2v) is 3.38. The molecule has 0 spiro atoms. The molecule has 1 aromatic carbocycles. The normalized spacial score (nSPS) is 10.5. The molecule has 3 nitrogen and oxygen atoms in total. The monoisotopic (exact) mass is 191 g/mol. The molecule has 0 aliphatic carbocycles. The molecule has 0 radical (unpaired) electrons. The van der Waals surface area contributed by atoms with Crippen LogP contribution in [0.4, 0.5) is 0 Å². The van der Waals surface area contributed by atoms with Crippen LogP contribution in [-0.2, 0) is 6.54 Å². The van der Waals surface area contributed by atoms with Crippen molar-refractivity contribution >= 4 is 28.1 Å². The van der Waals surface area contributed by atoms with Crippen LogP contribution in [0.1, 0.15) is 0 Å². The summed E-state index contributed by atoms with van der Waals surface area (Å²) in [6, 6.07) is 7.92. The highest BCUT2D eigenvalue weighted by atomic mass is 32.1. The minimum Gasteiger partial charge on any atom is -0.392 e. The Hall–Kier alpha value is -1.42. The molecule has 4 heteroatoms. The van der Waals surface area contributed by atoms with E-state index in [1.165, 1.54) is 0 Å². The third-order valence-corrected chi connectivity index (χ3v) is 1.91. The molecule has 0 amide bonds. The zero-order valence-electron chi connectivity index (χ0n) is 6.97. The average molecular weight is 191 g/mol. The summed E-state index contributed by atoms with van der Waals surface area (Å²) in [6.07, 6.45) is 1.94. The van der Waals surface area contributed by atoms with Crippen molar-refractivity contribution in [2.24, 2.45) is 5.73 Å². The minimum absolute atomic E-state index is 0.452. The van der Waals surface area contributed by atoms with E-state index in [1.807, 2.05) is 30.5 Å². The Morgan fingerprint density at radius 1 is 1.46 bits per heavy atom. The zero-order valence-corrected chi connectivity index (χ0v) is 7.79. The molecule has 0 saturated heterocycles. The van der Waals surface area contributed by atoms with E-state index >= 15 is 0 Å². The first-order valence-corrected chi connectivity index (χ1v) is 4.37. The molecule has 2 aromatic rings. The largest absolute Gasteiger partial charge is 0.392 e. The number of thiocarbonyl (C=S) groups is 1. The smallest absolute Gasteiger partial charge is 0.0945 e. The maximum absolute atomic E-state index is 5.42. The van der Waals surface area contributed by atoms with Gasteiger partial charge in [-0.1, -0.05) is 30.4 Å². The highest BCUT2D eigenvalue weighted by Gasteiger charge is 1.99. The minimum atomic E-state index is 0.452. The van der Waals surface area contributed by atoms with Crippen molar-refractivity contribution in [2.75, 3.05) is 0 Å². The fraction of sp³-hybridized carbons (Fsp3) is 0.111. The van der Waals surface area contributed by atoms with E-state index in [2.05, 4.69) is 5.10 Å². The molecule has 0 fully saturated rings. The lowest BCUT2D eigenvalue weighted by Gasteiger charge is -1.95. The average Bonchev–Trinajstić information content (AvgIpc) is 2.44. The van der Waals surface area contributed by atoms with Crippen molar-refractivity contribution in [1.29, 1.82) is 0 Å². The first kappa shape index (κ1) is 8.19. The van der Waals surface area contributed by atoms with Gasteiger partial charge in [0, 0.05) is 11.6 Å². The van der Waals surface area contributed by atoms with E-state index in [4.69, 9.17) is 18.0 Å². The third-order valence-electron chi connectivity index (χ3n) is 1.78. The molecular formula is C9H9N3S. The number of rotatable bonds is 2. The standard InChI is InChI=1S/C9H9N3S/c10-9(13)6-12-5-7-3-1-2-4-8(7)11-12/h1-5H,6H2,(H2,10,13). The van der Waals surface area contributed by atoms with Gasteiger partial charge in [0.15, 0.2) is 0 Å². The molecule has 0 aliphatic rings. The Labute approximate surface area is 81.1 Å². The van der Waals surface area contributed by atoms with Gasteiger partial charge >= 0.3 is 0 Å². The molecule has 0 bridgehead atoms. The van der Waals surface area contributed by atoms with Gasteiger partial charge < -0.3 is 5.73 Å². The quantitative estimate of drug-likeness (QED) is 0.728. The molecule has 66 valence electrons. The fourth-order valence-corrected chi connectivity index (χ4v) is 1.39. The lowest BCUT2D eigenvalue weighted by Crippen LogP contribution is -2.16. The molecule has 1 heterocycles. The molecule has 0 aliphatic heterocycles. The SMILES string of the molecule is NC(=S)Cn1cc2ccccc2n1. The van der Waals surface area contributed by atoms with Gasteiger partial charge in [0.05, 0.1) is 17.0 Å². The van der Waals surface area contributed by atoms with Crippen LogP contribution < -0.4 is 5.73 Å². The van der Waals surface area contributed by atoms with E-state index in [0.29, 0.717) is 11.5 Å². The summed E-state index contributed by atoms with van der Waals surface area (Å²) in [5, 5.41) is 5.41. The topological polar surface area (TPSA) is 43.8 Å². The summed E-state index contributed by atoms with van der Waals surface area (Å²) in [5.74, 6) is 0. The number of aromatic nitrogens is 2. The van der Waals surface area contributed by atoms with E-state index < -0.39 is 0 Å². The van der Waals surface area contributed by atoms with Crippen LogP contribution in [0.25, 0.3) is 10.9 Å². The van der Waals surface area contributed by atoms with Gasteiger partial charge in [-0.25, -0.2) is 0 Å². The Balaban J connectivity index is 2.44. The van der Waals surface area contributed by atoms with Gasteiger partial charge in [-0.2, -0.15) is 5.10 Å². The van der Waals surface area contributed by atoms with Crippen molar-refractivity contribution in [3.63, 3.8) is 0 Å². The first-order chi connectivity index (χ1) is 6.25. The van der Waals surface area contributed by atoms with E-state index in [0.717, 1.165) is 10.9 Å². The van der Waals surface area contributed by atoms with Crippen LogP contribution in [-0.4, -0.2) is 14.8 Å². The third kappa shape index (κ3) is 1.67. The van der Waals surface area contributed by atoms with E-state index in [9.17, 15) is 0 Å². The molecule has 0 unspecified atom stereocenters. The second kappa shape index (κ2) is 3.14. The van der Waals surface area contributed by atoms with Crippen LogP contribution in [0.5, 0.6) is 0 Å². The van der Waals surface area contributed by atoms with Gasteiger partial charge in [-0.15, -0.1) is 0 Å². The molecule has 1 aromatic heterocycles. The van der Waals surface area contributed by atoms with Gasteiger partial charge in [0.2, 0.25) is 0 Å². The molecule has 13 heavy (non-hydrogen) atoms. The van der Waals surface area contributed by atoms with Crippen molar-refractivity contribution in [2.45, 2.75) is 6.54 Å². The van der Waals surface area contributed by atoms with Crippen molar-refractivity contribution in [3.8, 4) is 0 Å². The van der Waals surface area contributed by atoms with Crippen molar-refractivity contribution < 1.29 is 0 Å². The second-order valence-electron chi connectivity index (χ2n) is 2.85. The first-order valence-electron chi connectivity index (χ1n) is 3.96. The Kier molecular flexibility index (Phi) is 1.98. The van der Waals surface area contributed by atoms with Crippen LogP contribution in [0.3, 0.4) is 0 Å². The maximum Gasteiger partial charge on any atom is 0.0945 e. The predicted molar refractivity (Wildman–Crippen MR) is 56.5 cm³/mol. The van der Waals surface area contributed by atoms with Crippen LogP contribution in [0.2, 0.25) is 0 Å². The number of benzene rings is 1. The summed E-state index contributed by atoms with van der Waals surface area (Å²) >= 11 is 4.80. The summed E-state index contributed by atoms with van der Waals surface area (Å²) < 4.78 is 1.76. The van der Waals surface area contributed by atoms with E-state index in [-0.39, 0.29) is 0 Å². The summed E-state index contributed by atoms with van der Waals surface area (Å²) in [5.41, 5.74) is 6.39. The summed E-state index contributed by atoms with van der Waals surface area (Å²) in [6.45, 7) is 0.504. The van der Waals surface area contributed by atoms with Crippen LogP contribution in [0, 0.1) is 0 Å². The molecule has 2 N–H and O–H groups in total. The number of nitrogens with two attached hydrogens (primary N) is 1. The van der Waals surface area contributed by atoms with Gasteiger partial charge in [0.1, 0.15) is 0 Å². The Morgan fingerprint density at radius 2 is 2.23 bits per heavy atom. The zero-order chi connectivity index (χ0) is 9.26. The van der Waals surface area contributed by atoms with Crippen molar-refractivity contribution in [1.82, 2.24) is 9.78 Å². The van der Waals surface area contributed by atoms with Gasteiger partial charge in [0.25, 0.3) is 0 Å². The number of hydrogen-bond donors (Lipinski definition) is 1. The molecular weight excluding hydrogens is 182 g/mol. The Bertz CT molecular complexity index is 414. The number of fused-ring (bicyclic) bond motifs is 1. The lowest BCUT2D eigenvalue weighted by molar-refractivity contribution is 0.736. The Morgan fingerprint density at radius 3 is 2.92 bits per heavy atom. The number of nitrogens with zero attached hydrogens (tertiary/aromatic N) is 2. The highest BCUT2D eigenvalue weighted by Crippen LogP contribution is 2.10. The number of hydrogen-bond acceptors (Lipinski definition) is 2. The highest BCUT2D eigenvalue weighted by molar-refractivity contribution is 7.80. The molecule has 2 rings (SSSR count). The maximum atomic E-state index is 5.42. The lowest BCUT2D eigenvalue weighted by atomic mass is 10.3. The molecule has 0 atom stereocenters.